The summed E-state index contributed by atoms with van der Waals surface area (Å²) in [7, 11) is 0. The first kappa shape index (κ1) is 10.5. The van der Waals surface area contributed by atoms with Crippen molar-refractivity contribution < 1.29 is 31.4 Å². The second-order valence-electron chi connectivity index (χ2n) is 1.80. The van der Waals surface area contributed by atoms with Gasteiger partial charge in [-0.1, -0.05) is 0 Å². The second kappa shape index (κ2) is 2.88. The second-order valence-corrected chi connectivity index (χ2v) is 1.80. The zero-order valence-electron chi connectivity index (χ0n) is 4.96. The zero-order valence-corrected chi connectivity index (χ0v) is 4.96. The van der Waals surface area contributed by atoms with E-state index in [0.29, 0.717) is 0 Å². The van der Waals surface area contributed by atoms with E-state index in [-0.39, 0.29) is 0 Å². The SMILES string of the molecule is [O]CC(C(F)(F)F)C(F)(F)F. The lowest BCUT2D eigenvalue weighted by molar-refractivity contribution is -0.295. The fraction of sp³-hybridized carbons (Fsp3) is 1.00. The van der Waals surface area contributed by atoms with Crippen molar-refractivity contribution in [1.82, 2.24) is 0 Å². The van der Waals surface area contributed by atoms with Crippen LogP contribution in [-0.2, 0) is 5.11 Å². The molecule has 67 valence electrons. The Morgan fingerprint density at radius 2 is 1.18 bits per heavy atom. The molecule has 0 spiro atoms. The highest BCUT2D eigenvalue weighted by molar-refractivity contribution is 4.73. The van der Waals surface area contributed by atoms with Crippen LogP contribution in [0.5, 0.6) is 0 Å². The van der Waals surface area contributed by atoms with E-state index in [2.05, 4.69) is 0 Å². The molecule has 0 aliphatic rings. The Morgan fingerprint density at radius 1 is 0.909 bits per heavy atom. The van der Waals surface area contributed by atoms with E-state index in [1.165, 1.54) is 0 Å². The van der Waals surface area contributed by atoms with E-state index < -0.39 is 24.9 Å². The third-order valence-electron chi connectivity index (χ3n) is 0.957. The van der Waals surface area contributed by atoms with Gasteiger partial charge >= 0.3 is 12.4 Å². The Labute approximate surface area is 57.6 Å². The van der Waals surface area contributed by atoms with E-state index in [0.717, 1.165) is 0 Å². The summed E-state index contributed by atoms with van der Waals surface area (Å²) in [6, 6.07) is 0. The molecule has 0 N–H and O–H groups in total. The molecule has 0 rings (SSSR count). The molecule has 0 saturated carbocycles. The average molecular weight is 181 g/mol. The van der Waals surface area contributed by atoms with Crippen molar-refractivity contribution >= 4 is 0 Å². The Kier molecular flexibility index (Phi) is 2.76. The van der Waals surface area contributed by atoms with Crippen molar-refractivity contribution in [3.05, 3.63) is 0 Å². The first-order chi connectivity index (χ1) is 4.69. The number of alkyl halides is 6. The molecule has 0 fully saturated rings. The fourth-order valence-corrected chi connectivity index (χ4v) is 0.375. The third-order valence-corrected chi connectivity index (χ3v) is 0.957. The quantitative estimate of drug-likeness (QED) is 0.552. The highest BCUT2D eigenvalue weighted by Crippen LogP contribution is 2.38. The van der Waals surface area contributed by atoms with Gasteiger partial charge in [0.1, 0.15) is 6.61 Å². The minimum absolute atomic E-state index is 2.22. The Bertz CT molecular complexity index is 110. The molecule has 1 radical (unpaired) electrons. The zero-order chi connectivity index (χ0) is 9.28. The van der Waals surface area contributed by atoms with Crippen LogP contribution in [0, 0.1) is 5.92 Å². The van der Waals surface area contributed by atoms with E-state index >= 15 is 0 Å². The van der Waals surface area contributed by atoms with Gasteiger partial charge in [-0.2, -0.15) is 26.3 Å². The molecule has 0 aliphatic heterocycles. The lowest BCUT2D eigenvalue weighted by atomic mass is 10.1. The molecule has 0 aromatic heterocycles. The molecule has 0 saturated heterocycles. The van der Waals surface area contributed by atoms with Gasteiger partial charge < -0.3 is 0 Å². The van der Waals surface area contributed by atoms with Crippen molar-refractivity contribution in [2.75, 3.05) is 6.61 Å². The van der Waals surface area contributed by atoms with Gasteiger partial charge in [-0.15, -0.1) is 0 Å². The van der Waals surface area contributed by atoms with Crippen molar-refractivity contribution in [3.8, 4) is 0 Å². The highest BCUT2D eigenvalue weighted by Gasteiger charge is 2.56. The maximum atomic E-state index is 11.3. The molecular formula is C4H3F6O. The summed E-state index contributed by atoms with van der Waals surface area (Å²) in [6.45, 7) is -2.22. The minimum atomic E-state index is -5.49. The highest BCUT2D eigenvalue weighted by atomic mass is 19.4. The summed E-state index contributed by atoms with van der Waals surface area (Å²) < 4.78 is 67.8. The van der Waals surface area contributed by atoms with E-state index in [1.807, 2.05) is 0 Å². The van der Waals surface area contributed by atoms with Gasteiger partial charge in [-0.05, 0) is 0 Å². The molecule has 1 nitrogen and oxygen atoms in total. The normalized spacial score (nSPS) is 14.2. The van der Waals surface area contributed by atoms with Gasteiger partial charge in [0, 0.05) is 0 Å². The summed E-state index contributed by atoms with van der Waals surface area (Å²) in [4.78, 5) is 0. The number of hydrogen-bond donors (Lipinski definition) is 0. The maximum Gasteiger partial charge on any atom is 0.402 e. The van der Waals surface area contributed by atoms with Crippen molar-refractivity contribution in [3.63, 3.8) is 0 Å². The van der Waals surface area contributed by atoms with Gasteiger partial charge in [0.05, 0.1) is 0 Å². The van der Waals surface area contributed by atoms with Gasteiger partial charge in [0.2, 0.25) is 0 Å². The van der Waals surface area contributed by atoms with Crippen LogP contribution in [0.3, 0.4) is 0 Å². The lowest BCUT2D eigenvalue weighted by Gasteiger charge is -2.19. The van der Waals surface area contributed by atoms with E-state index in [1.54, 1.807) is 0 Å². The molecule has 0 amide bonds. The summed E-state index contributed by atoms with van der Waals surface area (Å²) in [5.74, 6) is -3.74. The summed E-state index contributed by atoms with van der Waals surface area (Å²) in [6.07, 6.45) is -11.0. The molecule has 11 heavy (non-hydrogen) atoms. The fourth-order valence-electron chi connectivity index (χ4n) is 0.375. The molecule has 0 aromatic rings. The molecule has 0 unspecified atom stereocenters. The van der Waals surface area contributed by atoms with Crippen molar-refractivity contribution in [2.45, 2.75) is 12.4 Å². The first-order valence-electron chi connectivity index (χ1n) is 2.41. The Morgan fingerprint density at radius 3 is 1.18 bits per heavy atom. The Hall–Kier alpha value is -0.460. The van der Waals surface area contributed by atoms with Gasteiger partial charge in [0.25, 0.3) is 0 Å². The van der Waals surface area contributed by atoms with Crippen LogP contribution in [-0.4, -0.2) is 19.0 Å². The molecule has 0 heterocycles. The summed E-state index contributed by atoms with van der Waals surface area (Å²) in [5, 5.41) is 9.48. The van der Waals surface area contributed by atoms with Gasteiger partial charge in [0.15, 0.2) is 5.92 Å². The molecule has 0 atom stereocenters. The monoisotopic (exact) mass is 181 g/mol. The third kappa shape index (κ3) is 2.96. The molecule has 0 bridgehead atoms. The predicted molar refractivity (Wildman–Crippen MR) is 21.2 cm³/mol. The lowest BCUT2D eigenvalue weighted by Crippen LogP contribution is -2.38. The van der Waals surface area contributed by atoms with Gasteiger partial charge in [-0.25, -0.2) is 5.11 Å². The minimum Gasteiger partial charge on any atom is -0.236 e. The van der Waals surface area contributed by atoms with Crippen LogP contribution in [0.25, 0.3) is 0 Å². The van der Waals surface area contributed by atoms with Gasteiger partial charge in [-0.3, -0.25) is 0 Å². The molecule has 0 aliphatic carbocycles. The van der Waals surface area contributed by atoms with Crippen LogP contribution < -0.4 is 0 Å². The predicted octanol–water partition coefficient (Wildman–Crippen LogP) is 2.16. The van der Waals surface area contributed by atoms with Crippen LogP contribution in [0.15, 0.2) is 0 Å². The average Bonchev–Trinajstić information content (AvgIpc) is 1.56. The molecule has 7 heteroatoms. The Balaban J connectivity index is 4.43. The first-order valence-corrected chi connectivity index (χ1v) is 2.41. The summed E-state index contributed by atoms with van der Waals surface area (Å²) in [5.41, 5.74) is 0. The van der Waals surface area contributed by atoms with E-state index in [4.69, 9.17) is 0 Å². The number of hydrogen-bond acceptors (Lipinski definition) is 0. The van der Waals surface area contributed by atoms with Crippen LogP contribution in [0.1, 0.15) is 0 Å². The maximum absolute atomic E-state index is 11.3. The molecular weight excluding hydrogens is 178 g/mol. The number of rotatable bonds is 1. The van der Waals surface area contributed by atoms with Crippen LogP contribution in [0.4, 0.5) is 26.3 Å². The smallest absolute Gasteiger partial charge is 0.236 e. The van der Waals surface area contributed by atoms with Crippen molar-refractivity contribution in [2.24, 2.45) is 5.92 Å². The topological polar surface area (TPSA) is 19.9 Å². The standard InChI is InChI=1S/C4H3F6O/c5-3(6,7)2(1-11)4(8,9)10/h2H,1H2. The number of halogens is 6. The summed E-state index contributed by atoms with van der Waals surface area (Å²) >= 11 is 0. The molecule has 0 aromatic carbocycles. The van der Waals surface area contributed by atoms with E-state index in [9.17, 15) is 31.4 Å². The van der Waals surface area contributed by atoms with Crippen molar-refractivity contribution in [1.29, 1.82) is 0 Å². The largest absolute Gasteiger partial charge is 0.402 e. The van der Waals surface area contributed by atoms with Crippen LogP contribution >= 0.6 is 0 Å². The van der Waals surface area contributed by atoms with Crippen LogP contribution in [0.2, 0.25) is 0 Å².